The van der Waals surface area contributed by atoms with Gasteiger partial charge in [0.25, 0.3) is 0 Å². The predicted molar refractivity (Wildman–Crippen MR) is 106 cm³/mol. The number of anilines is 1. The molecule has 0 aliphatic rings. The van der Waals surface area contributed by atoms with Gasteiger partial charge in [0.15, 0.2) is 0 Å². The van der Waals surface area contributed by atoms with Gasteiger partial charge in [-0.2, -0.15) is 0 Å². The van der Waals surface area contributed by atoms with Crippen molar-refractivity contribution in [2.24, 2.45) is 0 Å². The van der Waals surface area contributed by atoms with Gasteiger partial charge in [0.05, 0.1) is 5.75 Å². The lowest BCUT2D eigenvalue weighted by Gasteiger charge is -2.12. The molecule has 0 saturated heterocycles. The zero-order chi connectivity index (χ0) is 19.1. The Bertz CT molecular complexity index is 783. The number of hydrogen-bond donors (Lipinski definition) is 1. The van der Waals surface area contributed by atoms with E-state index in [1.54, 1.807) is 13.0 Å². The van der Waals surface area contributed by atoms with Crippen LogP contribution in [0.25, 0.3) is 0 Å². The number of benzene rings is 2. The second-order valence-electron chi connectivity index (χ2n) is 5.71. The fourth-order valence-electron chi connectivity index (χ4n) is 2.01. The molecule has 4 nitrogen and oxygen atoms in total. The van der Waals surface area contributed by atoms with Crippen molar-refractivity contribution in [2.75, 3.05) is 11.1 Å². The molecule has 1 N–H and O–H groups in total. The van der Waals surface area contributed by atoms with Crippen molar-refractivity contribution in [2.45, 2.75) is 25.7 Å². The summed E-state index contributed by atoms with van der Waals surface area (Å²) in [6, 6.07) is 11.7. The lowest BCUT2D eigenvalue weighted by molar-refractivity contribution is -0.143. The zero-order valence-corrected chi connectivity index (χ0v) is 16.8. The molecule has 1 atom stereocenters. The third kappa shape index (κ3) is 6.46. The average Bonchev–Trinajstić information content (AvgIpc) is 2.60. The minimum Gasteiger partial charge on any atom is -0.460 e. The lowest BCUT2D eigenvalue weighted by atomic mass is 10.2. The van der Waals surface area contributed by atoms with Crippen molar-refractivity contribution in [1.82, 2.24) is 0 Å². The smallest absolute Gasteiger partial charge is 0.319 e. The van der Waals surface area contributed by atoms with Crippen LogP contribution in [0, 0.1) is 12.7 Å². The van der Waals surface area contributed by atoms with Crippen LogP contribution in [0.1, 0.15) is 18.1 Å². The molecule has 2 rings (SSSR count). The first-order valence-electron chi connectivity index (χ1n) is 7.94. The molecule has 2 aromatic rings. The molecule has 0 spiro atoms. The van der Waals surface area contributed by atoms with Crippen LogP contribution in [0.5, 0.6) is 0 Å². The van der Waals surface area contributed by atoms with Gasteiger partial charge in [0, 0.05) is 15.7 Å². The molecule has 0 aliphatic carbocycles. The maximum Gasteiger partial charge on any atom is 0.319 e. The summed E-state index contributed by atoms with van der Waals surface area (Å²) in [7, 11) is 0. The lowest BCUT2D eigenvalue weighted by Crippen LogP contribution is -2.21. The fraction of sp³-hybridized carbons (Fsp3) is 0.263. The van der Waals surface area contributed by atoms with Gasteiger partial charge in [0.2, 0.25) is 5.91 Å². The van der Waals surface area contributed by atoms with Gasteiger partial charge in [-0.05, 0) is 38.1 Å². The van der Waals surface area contributed by atoms with E-state index in [1.807, 2.05) is 31.2 Å². The zero-order valence-electron chi connectivity index (χ0n) is 14.4. The standard InChI is InChI=1S/C19H19BrFNO3S/c1-12-3-7-16(8-4-12)22-18(23)11-26-13(2)19(24)25-10-14-5-6-15(21)9-17(14)20/h3-9,13H,10-11H2,1-2H3,(H,22,23). The molecule has 0 radical (unpaired) electrons. The van der Waals surface area contributed by atoms with Crippen LogP contribution in [-0.4, -0.2) is 22.9 Å². The van der Waals surface area contributed by atoms with Crippen molar-refractivity contribution in [1.29, 1.82) is 0 Å². The Morgan fingerprint density at radius 2 is 1.92 bits per heavy atom. The van der Waals surface area contributed by atoms with E-state index in [1.165, 1.54) is 23.9 Å². The SMILES string of the molecule is Cc1ccc(NC(=O)CSC(C)C(=O)OCc2ccc(F)cc2Br)cc1. The van der Waals surface area contributed by atoms with E-state index in [0.29, 0.717) is 10.0 Å². The van der Waals surface area contributed by atoms with Gasteiger partial charge in [-0.1, -0.05) is 39.7 Å². The second kappa shape index (κ2) is 9.73. The summed E-state index contributed by atoms with van der Waals surface area (Å²) in [6.07, 6.45) is 0. The summed E-state index contributed by atoms with van der Waals surface area (Å²) in [5.74, 6) is -0.825. The summed E-state index contributed by atoms with van der Waals surface area (Å²) in [5, 5.41) is 2.29. The summed E-state index contributed by atoms with van der Waals surface area (Å²) in [6.45, 7) is 3.70. The molecular formula is C19H19BrFNO3S. The molecule has 0 fully saturated rings. The summed E-state index contributed by atoms with van der Waals surface area (Å²) in [5.41, 5.74) is 2.51. The number of nitrogens with one attached hydrogen (secondary N) is 1. The Kier molecular flexibility index (Phi) is 7.66. The Hall–Kier alpha value is -1.86. The Labute approximate surface area is 164 Å². The van der Waals surface area contributed by atoms with Crippen LogP contribution in [-0.2, 0) is 20.9 Å². The Morgan fingerprint density at radius 1 is 1.23 bits per heavy atom. The first-order valence-corrected chi connectivity index (χ1v) is 9.78. The number of ether oxygens (including phenoxy) is 1. The molecular weight excluding hydrogens is 421 g/mol. The second-order valence-corrected chi connectivity index (χ2v) is 7.89. The number of amides is 1. The van der Waals surface area contributed by atoms with Gasteiger partial charge in [0.1, 0.15) is 17.7 Å². The summed E-state index contributed by atoms with van der Waals surface area (Å²) >= 11 is 4.43. The quantitative estimate of drug-likeness (QED) is 0.635. The van der Waals surface area contributed by atoms with Crippen molar-refractivity contribution < 1.29 is 18.7 Å². The minimum atomic E-state index is -0.488. The van der Waals surface area contributed by atoms with Gasteiger partial charge < -0.3 is 10.1 Å². The normalized spacial score (nSPS) is 11.7. The number of rotatable bonds is 7. The number of carbonyl (C=O) groups is 2. The molecule has 2 aromatic carbocycles. The maximum absolute atomic E-state index is 13.0. The first-order chi connectivity index (χ1) is 12.3. The monoisotopic (exact) mass is 439 g/mol. The minimum absolute atomic E-state index is 0.0418. The van der Waals surface area contributed by atoms with E-state index >= 15 is 0 Å². The average molecular weight is 440 g/mol. The Balaban J connectivity index is 1.75. The highest BCUT2D eigenvalue weighted by Crippen LogP contribution is 2.20. The van der Waals surface area contributed by atoms with E-state index in [9.17, 15) is 14.0 Å². The summed E-state index contributed by atoms with van der Waals surface area (Å²) < 4.78 is 18.8. The molecule has 0 saturated carbocycles. The van der Waals surface area contributed by atoms with E-state index < -0.39 is 11.2 Å². The molecule has 0 aliphatic heterocycles. The van der Waals surface area contributed by atoms with Crippen LogP contribution in [0.3, 0.4) is 0 Å². The van der Waals surface area contributed by atoms with E-state index in [2.05, 4.69) is 21.2 Å². The fourth-order valence-corrected chi connectivity index (χ4v) is 3.15. The van der Waals surface area contributed by atoms with Gasteiger partial charge in [-0.25, -0.2) is 4.39 Å². The number of esters is 1. The van der Waals surface area contributed by atoms with Crippen LogP contribution >= 0.6 is 27.7 Å². The molecule has 138 valence electrons. The highest BCUT2D eigenvalue weighted by molar-refractivity contribution is 9.10. The van der Waals surface area contributed by atoms with E-state index in [4.69, 9.17) is 4.74 Å². The molecule has 0 bridgehead atoms. The van der Waals surface area contributed by atoms with E-state index in [-0.39, 0.29) is 24.1 Å². The van der Waals surface area contributed by atoms with Crippen LogP contribution in [0.15, 0.2) is 46.9 Å². The molecule has 0 aromatic heterocycles. The molecule has 0 heterocycles. The van der Waals surface area contributed by atoms with Gasteiger partial charge >= 0.3 is 5.97 Å². The van der Waals surface area contributed by atoms with Gasteiger partial charge in [-0.3, -0.25) is 9.59 Å². The number of halogens is 2. The molecule has 26 heavy (non-hydrogen) atoms. The topological polar surface area (TPSA) is 55.4 Å². The highest BCUT2D eigenvalue weighted by atomic mass is 79.9. The number of thioether (sulfide) groups is 1. The first kappa shape index (κ1) is 20.5. The van der Waals surface area contributed by atoms with Crippen LogP contribution < -0.4 is 5.32 Å². The van der Waals surface area contributed by atoms with Gasteiger partial charge in [-0.15, -0.1) is 11.8 Å². The number of aryl methyl sites for hydroxylation is 1. The van der Waals surface area contributed by atoms with Crippen LogP contribution in [0.4, 0.5) is 10.1 Å². The number of hydrogen-bond acceptors (Lipinski definition) is 4. The number of carbonyl (C=O) groups excluding carboxylic acids is 2. The molecule has 1 amide bonds. The van der Waals surface area contributed by atoms with Crippen molar-refractivity contribution in [3.63, 3.8) is 0 Å². The largest absolute Gasteiger partial charge is 0.460 e. The third-order valence-electron chi connectivity index (χ3n) is 3.52. The predicted octanol–water partition coefficient (Wildman–Crippen LogP) is 4.70. The van der Waals surface area contributed by atoms with E-state index in [0.717, 1.165) is 11.3 Å². The molecule has 7 heteroatoms. The third-order valence-corrected chi connectivity index (χ3v) is 5.38. The maximum atomic E-state index is 13.0. The highest BCUT2D eigenvalue weighted by Gasteiger charge is 2.17. The van der Waals surface area contributed by atoms with Crippen molar-refractivity contribution in [3.8, 4) is 0 Å². The summed E-state index contributed by atoms with van der Waals surface area (Å²) in [4.78, 5) is 24.0. The molecule has 1 unspecified atom stereocenters. The van der Waals surface area contributed by atoms with Crippen molar-refractivity contribution >= 4 is 45.3 Å². The van der Waals surface area contributed by atoms with Crippen LogP contribution in [0.2, 0.25) is 0 Å². The van der Waals surface area contributed by atoms with Crippen molar-refractivity contribution in [3.05, 3.63) is 63.9 Å². The Morgan fingerprint density at radius 3 is 2.58 bits per heavy atom.